The van der Waals surface area contributed by atoms with E-state index in [4.69, 9.17) is 10.5 Å². The van der Waals surface area contributed by atoms with Gasteiger partial charge in [-0.15, -0.1) is 0 Å². The first-order valence-electron chi connectivity index (χ1n) is 6.04. The molecule has 0 radical (unpaired) electrons. The second kappa shape index (κ2) is 6.57. The lowest BCUT2D eigenvalue weighted by Gasteiger charge is -2.26. The van der Waals surface area contributed by atoms with Crippen molar-refractivity contribution in [3.8, 4) is 0 Å². The topological polar surface area (TPSA) is 51.4 Å². The standard InChI is InChI=1S/C13H23N3O/c1-5-12-6-11(8-14)7-13(15-12)16(3)10(2)9-17-4/h6-7,10H,5,8-9,14H2,1-4H3. The molecule has 0 saturated heterocycles. The van der Waals surface area contributed by atoms with Crippen molar-refractivity contribution < 1.29 is 4.74 Å². The van der Waals surface area contributed by atoms with Crippen LogP contribution in [-0.4, -0.2) is 31.8 Å². The van der Waals surface area contributed by atoms with Gasteiger partial charge >= 0.3 is 0 Å². The Morgan fingerprint density at radius 1 is 1.47 bits per heavy atom. The average molecular weight is 237 g/mol. The first-order valence-corrected chi connectivity index (χ1v) is 6.04. The number of anilines is 1. The van der Waals surface area contributed by atoms with E-state index >= 15 is 0 Å². The van der Waals surface area contributed by atoms with E-state index in [-0.39, 0.29) is 0 Å². The summed E-state index contributed by atoms with van der Waals surface area (Å²) in [5.41, 5.74) is 7.92. The molecule has 0 aliphatic heterocycles. The number of nitrogens with zero attached hydrogens (tertiary/aromatic N) is 2. The summed E-state index contributed by atoms with van der Waals surface area (Å²) in [6.07, 6.45) is 0.924. The Bertz CT molecular complexity index is 332. The van der Waals surface area contributed by atoms with Gasteiger partial charge in [-0.2, -0.15) is 0 Å². The number of rotatable bonds is 6. The van der Waals surface area contributed by atoms with Crippen LogP contribution in [0.25, 0.3) is 0 Å². The third kappa shape index (κ3) is 3.68. The molecule has 1 atom stereocenters. The van der Waals surface area contributed by atoms with Crippen LogP contribution in [0, 0.1) is 0 Å². The molecule has 2 N–H and O–H groups in total. The zero-order valence-electron chi connectivity index (χ0n) is 11.2. The Labute approximate surface area is 104 Å². The molecule has 1 aromatic heterocycles. The molecule has 0 aliphatic rings. The van der Waals surface area contributed by atoms with Gasteiger partial charge in [0.25, 0.3) is 0 Å². The molecule has 17 heavy (non-hydrogen) atoms. The van der Waals surface area contributed by atoms with Gasteiger partial charge in [-0.25, -0.2) is 4.98 Å². The lowest BCUT2D eigenvalue weighted by atomic mass is 10.2. The van der Waals surface area contributed by atoms with Crippen LogP contribution in [0.2, 0.25) is 0 Å². The highest BCUT2D eigenvalue weighted by Gasteiger charge is 2.12. The third-order valence-electron chi connectivity index (χ3n) is 2.95. The predicted octanol–water partition coefficient (Wildman–Crippen LogP) is 1.57. The maximum absolute atomic E-state index is 5.71. The summed E-state index contributed by atoms with van der Waals surface area (Å²) < 4.78 is 5.17. The lowest BCUT2D eigenvalue weighted by molar-refractivity contribution is 0.183. The number of pyridine rings is 1. The van der Waals surface area contributed by atoms with Crippen molar-refractivity contribution in [2.45, 2.75) is 32.9 Å². The third-order valence-corrected chi connectivity index (χ3v) is 2.95. The molecule has 0 amide bonds. The number of hydrogen-bond donors (Lipinski definition) is 1. The van der Waals surface area contributed by atoms with Crippen molar-refractivity contribution in [3.63, 3.8) is 0 Å². The van der Waals surface area contributed by atoms with Gasteiger partial charge in [-0.05, 0) is 31.0 Å². The molecule has 1 rings (SSSR count). The number of ether oxygens (including phenoxy) is 1. The minimum absolute atomic E-state index is 0.297. The second-order valence-corrected chi connectivity index (χ2v) is 4.30. The normalized spacial score (nSPS) is 12.5. The van der Waals surface area contributed by atoms with E-state index < -0.39 is 0 Å². The van der Waals surface area contributed by atoms with Gasteiger partial charge in [-0.1, -0.05) is 6.92 Å². The molecule has 1 unspecified atom stereocenters. The van der Waals surface area contributed by atoms with Gasteiger partial charge in [0.05, 0.1) is 12.6 Å². The fourth-order valence-electron chi connectivity index (χ4n) is 1.69. The van der Waals surface area contributed by atoms with Gasteiger partial charge in [0, 0.05) is 26.4 Å². The van der Waals surface area contributed by atoms with Crippen LogP contribution in [0.5, 0.6) is 0 Å². The van der Waals surface area contributed by atoms with Crippen molar-refractivity contribution in [1.29, 1.82) is 0 Å². The number of hydrogen-bond acceptors (Lipinski definition) is 4. The van der Waals surface area contributed by atoms with E-state index in [1.54, 1.807) is 7.11 Å². The molecule has 0 saturated carbocycles. The van der Waals surface area contributed by atoms with Gasteiger partial charge in [0.1, 0.15) is 5.82 Å². The fourth-order valence-corrected chi connectivity index (χ4v) is 1.69. The van der Waals surface area contributed by atoms with E-state index in [1.165, 1.54) is 0 Å². The number of likely N-dealkylation sites (N-methyl/N-ethyl adjacent to an activating group) is 1. The highest BCUT2D eigenvalue weighted by Crippen LogP contribution is 2.16. The second-order valence-electron chi connectivity index (χ2n) is 4.30. The quantitative estimate of drug-likeness (QED) is 0.816. The molecular formula is C13H23N3O. The Morgan fingerprint density at radius 3 is 2.71 bits per heavy atom. The van der Waals surface area contributed by atoms with E-state index in [1.807, 2.05) is 13.1 Å². The largest absolute Gasteiger partial charge is 0.383 e. The highest BCUT2D eigenvalue weighted by molar-refractivity contribution is 5.43. The van der Waals surface area contributed by atoms with Gasteiger partial charge in [0.2, 0.25) is 0 Å². The molecule has 1 aromatic rings. The Balaban J connectivity index is 2.95. The van der Waals surface area contributed by atoms with E-state index in [0.717, 1.165) is 23.5 Å². The summed E-state index contributed by atoms with van der Waals surface area (Å²) in [4.78, 5) is 6.74. The van der Waals surface area contributed by atoms with Crippen LogP contribution >= 0.6 is 0 Å². The fraction of sp³-hybridized carbons (Fsp3) is 0.615. The van der Waals surface area contributed by atoms with Gasteiger partial charge in [0.15, 0.2) is 0 Å². The SMILES string of the molecule is CCc1cc(CN)cc(N(C)C(C)COC)n1. The van der Waals surface area contributed by atoms with Gasteiger partial charge in [-0.3, -0.25) is 0 Å². The molecule has 96 valence electrons. The molecule has 0 fully saturated rings. The monoisotopic (exact) mass is 237 g/mol. The number of aryl methyl sites for hydroxylation is 1. The van der Waals surface area contributed by atoms with Crippen LogP contribution in [-0.2, 0) is 17.7 Å². The zero-order valence-corrected chi connectivity index (χ0v) is 11.2. The Kier molecular flexibility index (Phi) is 5.38. The Morgan fingerprint density at radius 2 is 2.18 bits per heavy atom. The van der Waals surface area contributed by atoms with Crippen LogP contribution in [0.4, 0.5) is 5.82 Å². The number of aromatic nitrogens is 1. The maximum Gasteiger partial charge on any atom is 0.129 e. The zero-order chi connectivity index (χ0) is 12.8. The van der Waals surface area contributed by atoms with Crippen molar-refractivity contribution in [2.75, 3.05) is 25.7 Å². The van der Waals surface area contributed by atoms with E-state index in [2.05, 4.69) is 29.8 Å². The number of methoxy groups -OCH3 is 1. The molecule has 4 nitrogen and oxygen atoms in total. The van der Waals surface area contributed by atoms with Crippen LogP contribution in [0.15, 0.2) is 12.1 Å². The minimum atomic E-state index is 0.297. The molecule has 1 heterocycles. The van der Waals surface area contributed by atoms with Gasteiger partial charge < -0.3 is 15.4 Å². The van der Waals surface area contributed by atoms with Crippen molar-refractivity contribution >= 4 is 5.82 Å². The minimum Gasteiger partial charge on any atom is -0.383 e. The Hall–Kier alpha value is -1.13. The molecule has 0 spiro atoms. The summed E-state index contributed by atoms with van der Waals surface area (Å²) in [6.45, 7) is 5.46. The summed E-state index contributed by atoms with van der Waals surface area (Å²) in [7, 11) is 3.75. The first-order chi connectivity index (χ1) is 8.12. The maximum atomic E-state index is 5.71. The number of nitrogens with two attached hydrogens (primary N) is 1. The molecule has 0 aliphatic carbocycles. The molecule has 0 bridgehead atoms. The van der Waals surface area contributed by atoms with Crippen molar-refractivity contribution in [1.82, 2.24) is 4.98 Å². The highest BCUT2D eigenvalue weighted by atomic mass is 16.5. The molecule has 0 aromatic carbocycles. The summed E-state index contributed by atoms with van der Waals surface area (Å²) in [5.74, 6) is 0.967. The summed E-state index contributed by atoms with van der Waals surface area (Å²) >= 11 is 0. The van der Waals surface area contributed by atoms with Crippen LogP contribution in [0.3, 0.4) is 0 Å². The molecule has 4 heteroatoms. The summed E-state index contributed by atoms with van der Waals surface area (Å²) in [6, 6.07) is 4.41. The predicted molar refractivity (Wildman–Crippen MR) is 71.2 cm³/mol. The molecular weight excluding hydrogens is 214 g/mol. The van der Waals surface area contributed by atoms with Crippen molar-refractivity contribution in [2.24, 2.45) is 5.73 Å². The van der Waals surface area contributed by atoms with Crippen LogP contribution in [0.1, 0.15) is 25.1 Å². The lowest BCUT2D eigenvalue weighted by Crippen LogP contribution is -2.33. The first kappa shape index (κ1) is 13.9. The smallest absolute Gasteiger partial charge is 0.129 e. The van der Waals surface area contributed by atoms with Crippen LogP contribution < -0.4 is 10.6 Å². The average Bonchev–Trinajstić information content (AvgIpc) is 2.37. The summed E-state index contributed by atoms with van der Waals surface area (Å²) in [5, 5.41) is 0. The van der Waals surface area contributed by atoms with Crippen molar-refractivity contribution in [3.05, 3.63) is 23.4 Å². The van der Waals surface area contributed by atoms with E-state index in [9.17, 15) is 0 Å². The van der Waals surface area contributed by atoms with E-state index in [0.29, 0.717) is 19.2 Å².